The van der Waals surface area contributed by atoms with E-state index in [1.807, 2.05) is 30.5 Å². The molecule has 3 aromatic rings. The molecule has 1 aliphatic rings. The Labute approximate surface area is 168 Å². The molecule has 8 heteroatoms. The van der Waals surface area contributed by atoms with E-state index in [1.165, 1.54) is 0 Å². The average molecular weight is 399 g/mol. The van der Waals surface area contributed by atoms with Gasteiger partial charge in [0.05, 0.1) is 0 Å². The van der Waals surface area contributed by atoms with E-state index >= 15 is 0 Å². The van der Waals surface area contributed by atoms with Crippen molar-refractivity contribution in [2.24, 2.45) is 0 Å². The normalized spacial score (nSPS) is 19.4. The maximum Gasteiger partial charge on any atom is 0.314 e. The van der Waals surface area contributed by atoms with Gasteiger partial charge in [-0.3, -0.25) is 0 Å². The van der Waals surface area contributed by atoms with Crippen molar-refractivity contribution >= 4 is 34.5 Å². The maximum atomic E-state index is 11.5. The van der Waals surface area contributed by atoms with E-state index in [2.05, 4.69) is 30.9 Å². The molecular formula is C20H23ClN6O. The second-order valence-corrected chi connectivity index (χ2v) is 7.47. The minimum absolute atomic E-state index is 0.120. The molecule has 0 saturated heterocycles. The zero-order chi connectivity index (χ0) is 19.5. The third-order valence-electron chi connectivity index (χ3n) is 5.20. The van der Waals surface area contributed by atoms with Gasteiger partial charge in [-0.1, -0.05) is 11.6 Å². The summed E-state index contributed by atoms with van der Waals surface area (Å²) in [7, 11) is 1.63. The Morgan fingerprint density at radius 2 is 2.00 bits per heavy atom. The van der Waals surface area contributed by atoms with Crippen LogP contribution in [0, 0.1) is 0 Å². The average Bonchev–Trinajstić information content (AvgIpc) is 3.13. The highest BCUT2D eigenvalue weighted by atomic mass is 35.5. The van der Waals surface area contributed by atoms with Crippen LogP contribution >= 0.6 is 11.6 Å². The van der Waals surface area contributed by atoms with Gasteiger partial charge in [-0.2, -0.15) is 0 Å². The van der Waals surface area contributed by atoms with Crippen molar-refractivity contribution in [3.63, 3.8) is 0 Å². The highest BCUT2D eigenvalue weighted by Gasteiger charge is 2.22. The first-order chi connectivity index (χ1) is 13.6. The molecule has 3 heterocycles. The van der Waals surface area contributed by atoms with Crippen LogP contribution in [0.1, 0.15) is 25.7 Å². The van der Waals surface area contributed by atoms with Crippen LogP contribution < -0.4 is 16.0 Å². The Morgan fingerprint density at radius 1 is 1.21 bits per heavy atom. The SMILES string of the molecule is CNC(=O)N[C@H]1CC[C@H](Nc2cc(-c3c[nH]c4ncccc34)cc(Cl)n2)CC1. The number of amides is 2. The van der Waals surface area contributed by atoms with Gasteiger partial charge in [-0.05, 0) is 55.5 Å². The number of urea groups is 1. The summed E-state index contributed by atoms with van der Waals surface area (Å²) in [5, 5.41) is 10.6. The second-order valence-electron chi connectivity index (χ2n) is 7.08. The van der Waals surface area contributed by atoms with Crippen LogP contribution in [0.3, 0.4) is 0 Å². The van der Waals surface area contributed by atoms with Crippen LogP contribution in [0.15, 0.2) is 36.7 Å². The molecular weight excluding hydrogens is 376 g/mol. The van der Waals surface area contributed by atoms with Crippen molar-refractivity contribution in [3.05, 3.63) is 41.8 Å². The van der Waals surface area contributed by atoms with Gasteiger partial charge in [-0.25, -0.2) is 14.8 Å². The number of carbonyl (C=O) groups is 1. The first kappa shape index (κ1) is 18.6. The predicted octanol–water partition coefficient (Wildman–Crippen LogP) is 3.93. The van der Waals surface area contributed by atoms with E-state index in [1.54, 1.807) is 13.2 Å². The lowest BCUT2D eigenvalue weighted by atomic mass is 9.91. The number of fused-ring (bicyclic) bond motifs is 1. The van der Waals surface area contributed by atoms with Crippen LogP contribution in [0.2, 0.25) is 5.15 Å². The zero-order valence-corrected chi connectivity index (χ0v) is 16.4. The number of pyridine rings is 2. The summed E-state index contributed by atoms with van der Waals surface area (Å²) in [6, 6.07) is 8.27. The van der Waals surface area contributed by atoms with Crippen molar-refractivity contribution in [2.75, 3.05) is 12.4 Å². The van der Waals surface area contributed by atoms with Crippen molar-refractivity contribution in [3.8, 4) is 11.1 Å². The number of rotatable bonds is 4. The molecule has 0 unspecified atom stereocenters. The number of aromatic nitrogens is 3. The van der Waals surface area contributed by atoms with Crippen LogP contribution in [0.5, 0.6) is 0 Å². The third-order valence-corrected chi connectivity index (χ3v) is 5.39. The van der Waals surface area contributed by atoms with Gasteiger partial charge in [0.15, 0.2) is 0 Å². The number of carbonyl (C=O) groups excluding carboxylic acids is 1. The third kappa shape index (κ3) is 4.04. The Balaban J connectivity index is 1.47. The van der Waals surface area contributed by atoms with E-state index < -0.39 is 0 Å². The molecule has 2 amide bonds. The maximum absolute atomic E-state index is 11.5. The van der Waals surface area contributed by atoms with Gasteiger partial charge >= 0.3 is 6.03 Å². The molecule has 0 radical (unpaired) electrons. The number of nitrogens with one attached hydrogen (secondary N) is 4. The number of halogens is 1. The summed E-state index contributed by atoms with van der Waals surface area (Å²) >= 11 is 6.30. The number of hydrogen-bond acceptors (Lipinski definition) is 4. The Morgan fingerprint density at radius 3 is 2.79 bits per heavy atom. The number of hydrogen-bond donors (Lipinski definition) is 4. The lowest BCUT2D eigenvalue weighted by Crippen LogP contribution is -2.43. The van der Waals surface area contributed by atoms with E-state index in [-0.39, 0.29) is 12.1 Å². The summed E-state index contributed by atoms with van der Waals surface area (Å²) in [6.07, 6.45) is 7.52. The molecule has 3 aromatic heterocycles. The second kappa shape index (κ2) is 8.06. The number of anilines is 1. The van der Waals surface area contributed by atoms with Gasteiger partial charge < -0.3 is 20.9 Å². The van der Waals surface area contributed by atoms with Gasteiger partial charge in [0, 0.05) is 42.5 Å². The molecule has 146 valence electrons. The summed E-state index contributed by atoms with van der Waals surface area (Å²) in [4.78, 5) is 23.5. The van der Waals surface area contributed by atoms with Gasteiger partial charge in [0.25, 0.3) is 0 Å². The quantitative estimate of drug-likeness (QED) is 0.501. The summed E-state index contributed by atoms with van der Waals surface area (Å²) in [5.74, 6) is 0.767. The first-order valence-corrected chi connectivity index (χ1v) is 9.85. The monoisotopic (exact) mass is 398 g/mol. The highest BCUT2D eigenvalue weighted by molar-refractivity contribution is 6.29. The van der Waals surface area contributed by atoms with Gasteiger partial charge in [0.1, 0.15) is 16.6 Å². The predicted molar refractivity (Wildman–Crippen MR) is 112 cm³/mol. The molecule has 1 saturated carbocycles. The first-order valence-electron chi connectivity index (χ1n) is 9.47. The molecule has 0 bridgehead atoms. The number of aromatic amines is 1. The van der Waals surface area contributed by atoms with E-state index in [9.17, 15) is 4.79 Å². The van der Waals surface area contributed by atoms with E-state index in [0.29, 0.717) is 11.2 Å². The highest BCUT2D eigenvalue weighted by Crippen LogP contribution is 2.31. The minimum Gasteiger partial charge on any atom is -0.367 e. The van der Waals surface area contributed by atoms with Gasteiger partial charge in [-0.15, -0.1) is 0 Å². The molecule has 4 rings (SSSR count). The van der Waals surface area contributed by atoms with Crippen molar-refractivity contribution in [1.29, 1.82) is 0 Å². The topological polar surface area (TPSA) is 94.7 Å². The van der Waals surface area contributed by atoms with Crippen LogP contribution in [0.4, 0.5) is 10.6 Å². The number of nitrogens with zero attached hydrogens (tertiary/aromatic N) is 2. The molecule has 0 aliphatic heterocycles. The molecule has 0 spiro atoms. The fourth-order valence-corrected chi connectivity index (χ4v) is 3.98. The Kier molecular flexibility index (Phi) is 5.34. The van der Waals surface area contributed by atoms with Crippen LogP contribution in [-0.2, 0) is 0 Å². The van der Waals surface area contributed by atoms with E-state index in [4.69, 9.17) is 11.6 Å². The lowest BCUT2D eigenvalue weighted by molar-refractivity contribution is 0.234. The zero-order valence-electron chi connectivity index (χ0n) is 15.6. The summed E-state index contributed by atoms with van der Waals surface area (Å²) in [5.41, 5.74) is 2.90. The minimum atomic E-state index is -0.120. The van der Waals surface area contributed by atoms with Crippen molar-refractivity contribution in [1.82, 2.24) is 25.6 Å². The standard InChI is InChI=1S/C20H23ClN6O/c1-22-20(28)26-14-6-4-13(5-7-14)25-18-10-12(9-17(21)27-18)16-11-24-19-15(16)3-2-8-23-19/h2-3,8-11,13-14H,4-7H2,1H3,(H,23,24)(H,25,27)(H2,22,26,28)/t13-,14-. The van der Waals surface area contributed by atoms with Crippen LogP contribution in [-0.4, -0.2) is 40.1 Å². The van der Waals surface area contributed by atoms with Crippen molar-refractivity contribution < 1.29 is 4.79 Å². The van der Waals surface area contributed by atoms with Gasteiger partial charge in [0.2, 0.25) is 0 Å². The molecule has 4 N–H and O–H groups in total. The Hall–Kier alpha value is -2.80. The lowest BCUT2D eigenvalue weighted by Gasteiger charge is -2.30. The molecule has 0 aromatic carbocycles. The molecule has 1 aliphatic carbocycles. The van der Waals surface area contributed by atoms with Crippen LogP contribution in [0.25, 0.3) is 22.2 Å². The molecule has 7 nitrogen and oxygen atoms in total. The molecule has 1 fully saturated rings. The molecule has 28 heavy (non-hydrogen) atoms. The fourth-order valence-electron chi connectivity index (χ4n) is 3.77. The fraction of sp³-hybridized carbons (Fsp3) is 0.350. The molecule has 0 atom stereocenters. The largest absolute Gasteiger partial charge is 0.367 e. The van der Waals surface area contributed by atoms with Crippen molar-refractivity contribution in [2.45, 2.75) is 37.8 Å². The number of H-pyrrole nitrogens is 1. The van der Waals surface area contributed by atoms with E-state index in [0.717, 1.165) is 53.7 Å². The summed E-state index contributed by atoms with van der Waals surface area (Å²) < 4.78 is 0. The Bertz CT molecular complexity index is 980. The smallest absolute Gasteiger partial charge is 0.314 e. The summed E-state index contributed by atoms with van der Waals surface area (Å²) in [6.45, 7) is 0.